The van der Waals surface area contributed by atoms with Crippen molar-refractivity contribution < 1.29 is 27.5 Å². The number of amides is 2. The molecule has 10 heteroatoms. The van der Waals surface area contributed by atoms with Crippen molar-refractivity contribution >= 4 is 33.1 Å². The highest BCUT2D eigenvalue weighted by atomic mass is 32.2. The number of nitrogens with zero attached hydrogens (tertiary/aromatic N) is 2. The third-order valence-corrected chi connectivity index (χ3v) is 6.26. The van der Waals surface area contributed by atoms with Gasteiger partial charge in [-0.05, 0) is 18.6 Å². The van der Waals surface area contributed by atoms with Crippen molar-refractivity contribution in [2.45, 2.75) is 25.3 Å². The molecule has 0 radical (unpaired) electrons. The number of ether oxygens (including phenoxy) is 2. The Bertz CT molecular complexity index is 911. The number of hydrogen-bond acceptors (Lipinski definition) is 7. The van der Waals surface area contributed by atoms with E-state index in [2.05, 4.69) is 10.4 Å². The zero-order chi connectivity index (χ0) is 18.3. The number of nitrogens with one attached hydrogen (secondary N) is 1. The SMILES string of the molecule is O=C(Nc1ccc2c(c1)OCO2)C1=NN([C@H]2CCS(=O)(=O)C2)C(=O)CC1. The molecule has 9 nitrogen and oxygen atoms in total. The fraction of sp³-hybridized carbons (Fsp3) is 0.438. The number of hydrogen-bond donors (Lipinski definition) is 1. The van der Waals surface area contributed by atoms with Crippen LogP contribution in [-0.4, -0.2) is 55.3 Å². The first kappa shape index (κ1) is 16.8. The highest BCUT2D eigenvalue weighted by Gasteiger charge is 2.37. The second-order valence-electron chi connectivity index (χ2n) is 6.36. The number of fused-ring (bicyclic) bond motifs is 1. The number of benzene rings is 1. The minimum Gasteiger partial charge on any atom is -0.454 e. The number of carbonyl (C=O) groups excluding carboxylic acids is 2. The molecule has 4 rings (SSSR count). The molecule has 1 fully saturated rings. The zero-order valence-corrected chi connectivity index (χ0v) is 14.6. The van der Waals surface area contributed by atoms with Crippen LogP contribution in [0.3, 0.4) is 0 Å². The Morgan fingerprint density at radius 2 is 2.04 bits per heavy atom. The lowest BCUT2D eigenvalue weighted by Crippen LogP contribution is -2.42. The maximum absolute atomic E-state index is 12.5. The van der Waals surface area contributed by atoms with Crippen LogP contribution in [0.5, 0.6) is 11.5 Å². The maximum Gasteiger partial charge on any atom is 0.271 e. The summed E-state index contributed by atoms with van der Waals surface area (Å²) in [6.07, 6.45) is 0.684. The van der Waals surface area contributed by atoms with Crippen LogP contribution in [-0.2, 0) is 19.4 Å². The number of rotatable bonds is 3. The lowest BCUT2D eigenvalue weighted by Gasteiger charge is -2.27. The summed E-state index contributed by atoms with van der Waals surface area (Å²) in [5.74, 6) is 0.391. The molecule has 1 aromatic carbocycles. The van der Waals surface area contributed by atoms with Crippen LogP contribution in [0.2, 0.25) is 0 Å². The molecule has 0 spiro atoms. The minimum atomic E-state index is -3.15. The molecular formula is C16H17N3O6S. The van der Waals surface area contributed by atoms with E-state index in [0.717, 1.165) is 0 Å². The lowest BCUT2D eigenvalue weighted by atomic mass is 10.1. The fourth-order valence-electron chi connectivity index (χ4n) is 3.17. The van der Waals surface area contributed by atoms with Crippen molar-refractivity contribution in [2.24, 2.45) is 5.10 Å². The third-order valence-electron chi connectivity index (χ3n) is 4.51. The molecule has 3 aliphatic heterocycles. The Balaban J connectivity index is 1.50. The van der Waals surface area contributed by atoms with Gasteiger partial charge < -0.3 is 14.8 Å². The predicted molar refractivity (Wildman–Crippen MR) is 91.8 cm³/mol. The predicted octanol–water partition coefficient (Wildman–Crippen LogP) is 0.519. The Kier molecular flexibility index (Phi) is 4.06. The Morgan fingerprint density at radius 3 is 2.81 bits per heavy atom. The van der Waals surface area contributed by atoms with Gasteiger partial charge in [0.05, 0.1) is 17.5 Å². The van der Waals surface area contributed by atoms with Gasteiger partial charge in [-0.2, -0.15) is 5.10 Å². The minimum absolute atomic E-state index is 0.0374. The first-order chi connectivity index (χ1) is 12.4. The molecule has 0 aliphatic carbocycles. The molecule has 0 aromatic heterocycles. The summed E-state index contributed by atoms with van der Waals surface area (Å²) in [5, 5.41) is 8.04. The number of sulfone groups is 1. The van der Waals surface area contributed by atoms with Gasteiger partial charge in [-0.3, -0.25) is 9.59 Å². The highest BCUT2D eigenvalue weighted by Crippen LogP contribution is 2.34. The lowest BCUT2D eigenvalue weighted by molar-refractivity contribution is -0.133. The van der Waals surface area contributed by atoms with Gasteiger partial charge in [0.25, 0.3) is 5.91 Å². The number of hydrazone groups is 1. The number of anilines is 1. The molecule has 1 atom stereocenters. The van der Waals surface area contributed by atoms with Crippen LogP contribution in [0, 0.1) is 0 Å². The molecule has 2 amide bonds. The van der Waals surface area contributed by atoms with Gasteiger partial charge in [0, 0.05) is 24.6 Å². The molecule has 26 heavy (non-hydrogen) atoms. The van der Waals surface area contributed by atoms with Gasteiger partial charge >= 0.3 is 0 Å². The van der Waals surface area contributed by atoms with Gasteiger partial charge in [-0.15, -0.1) is 0 Å². The van der Waals surface area contributed by atoms with Crippen molar-refractivity contribution in [1.82, 2.24) is 5.01 Å². The average molecular weight is 379 g/mol. The van der Waals surface area contributed by atoms with Crippen molar-refractivity contribution in [3.8, 4) is 11.5 Å². The van der Waals surface area contributed by atoms with E-state index in [9.17, 15) is 18.0 Å². The molecular weight excluding hydrogens is 362 g/mol. The average Bonchev–Trinajstić information content (AvgIpc) is 3.20. The van der Waals surface area contributed by atoms with Gasteiger partial charge in [-0.25, -0.2) is 13.4 Å². The molecule has 138 valence electrons. The normalized spacial score (nSPS) is 23.7. The summed E-state index contributed by atoms with van der Waals surface area (Å²) in [7, 11) is -3.15. The van der Waals surface area contributed by atoms with Crippen LogP contribution in [0.4, 0.5) is 5.69 Å². The topological polar surface area (TPSA) is 114 Å². The van der Waals surface area contributed by atoms with Crippen LogP contribution >= 0.6 is 0 Å². The second-order valence-corrected chi connectivity index (χ2v) is 8.59. The van der Waals surface area contributed by atoms with Crippen LogP contribution in [0.15, 0.2) is 23.3 Å². The van der Waals surface area contributed by atoms with E-state index in [1.807, 2.05) is 0 Å². The monoisotopic (exact) mass is 379 g/mol. The molecule has 1 N–H and O–H groups in total. The first-order valence-electron chi connectivity index (χ1n) is 8.22. The highest BCUT2D eigenvalue weighted by molar-refractivity contribution is 7.91. The van der Waals surface area contributed by atoms with Crippen molar-refractivity contribution in [3.05, 3.63) is 18.2 Å². The Labute approximate surface area is 149 Å². The van der Waals surface area contributed by atoms with Crippen LogP contribution in [0.25, 0.3) is 0 Å². The van der Waals surface area contributed by atoms with E-state index in [0.29, 0.717) is 23.6 Å². The number of carbonyl (C=O) groups is 2. The van der Waals surface area contributed by atoms with Crippen LogP contribution < -0.4 is 14.8 Å². The summed E-state index contributed by atoms with van der Waals surface area (Å²) in [6, 6.07) is 4.53. The molecule has 0 unspecified atom stereocenters. The fourth-order valence-corrected chi connectivity index (χ4v) is 4.86. The van der Waals surface area contributed by atoms with E-state index < -0.39 is 21.8 Å². The summed E-state index contributed by atoms with van der Waals surface area (Å²) < 4.78 is 33.8. The van der Waals surface area contributed by atoms with E-state index in [1.54, 1.807) is 18.2 Å². The van der Waals surface area contributed by atoms with Gasteiger partial charge in [-0.1, -0.05) is 0 Å². The van der Waals surface area contributed by atoms with Crippen LogP contribution in [0.1, 0.15) is 19.3 Å². The second kappa shape index (κ2) is 6.27. The summed E-state index contributed by atoms with van der Waals surface area (Å²) in [6.45, 7) is 0.140. The van der Waals surface area contributed by atoms with E-state index in [4.69, 9.17) is 9.47 Å². The van der Waals surface area contributed by atoms with E-state index in [1.165, 1.54) is 5.01 Å². The van der Waals surface area contributed by atoms with Crippen molar-refractivity contribution in [3.63, 3.8) is 0 Å². The Morgan fingerprint density at radius 1 is 1.23 bits per heavy atom. The quantitative estimate of drug-likeness (QED) is 0.819. The smallest absolute Gasteiger partial charge is 0.271 e. The molecule has 1 saturated heterocycles. The van der Waals surface area contributed by atoms with Gasteiger partial charge in [0.1, 0.15) is 5.71 Å². The van der Waals surface area contributed by atoms with E-state index in [-0.39, 0.29) is 42.8 Å². The van der Waals surface area contributed by atoms with Crippen molar-refractivity contribution in [1.29, 1.82) is 0 Å². The van der Waals surface area contributed by atoms with Gasteiger partial charge in [0.15, 0.2) is 21.3 Å². The molecule has 3 aliphatic rings. The Hall–Kier alpha value is -2.62. The molecule has 0 bridgehead atoms. The zero-order valence-electron chi connectivity index (χ0n) is 13.8. The standard InChI is InChI=1S/C16H17N3O6S/c20-15-4-2-12(18-19(15)11-5-6-26(22,23)8-11)16(21)17-10-1-3-13-14(7-10)25-9-24-13/h1,3,7,11H,2,4-6,8-9H2,(H,17,21)/t11-/m0/s1. The first-order valence-corrected chi connectivity index (χ1v) is 10.0. The molecule has 3 heterocycles. The maximum atomic E-state index is 12.5. The molecule has 0 saturated carbocycles. The van der Waals surface area contributed by atoms with Gasteiger partial charge in [0.2, 0.25) is 12.7 Å². The molecule has 1 aromatic rings. The summed E-state index contributed by atoms with van der Waals surface area (Å²) in [5.41, 5.74) is 0.723. The largest absolute Gasteiger partial charge is 0.454 e. The summed E-state index contributed by atoms with van der Waals surface area (Å²) in [4.78, 5) is 24.6. The van der Waals surface area contributed by atoms with Crippen molar-refractivity contribution in [2.75, 3.05) is 23.6 Å². The summed E-state index contributed by atoms with van der Waals surface area (Å²) >= 11 is 0. The third kappa shape index (κ3) is 3.24. The van der Waals surface area contributed by atoms with E-state index >= 15 is 0 Å².